The summed E-state index contributed by atoms with van der Waals surface area (Å²) < 4.78 is 2.57. The van der Waals surface area contributed by atoms with Crippen molar-refractivity contribution in [2.45, 2.75) is 0 Å². The molecule has 67 heavy (non-hydrogen) atoms. The van der Waals surface area contributed by atoms with E-state index in [4.69, 9.17) is 0 Å². The smallest absolute Gasteiger partial charge is 0.180 e. The quantitative estimate of drug-likeness (QED) is 0.137. The van der Waals surface area contributed by atoms with Crippen LogP contribution >= 0.6 is 11.3 Å². The first-order chi connectivity index (χ1) is 33.2. The highest BCUT2D eigenvalue weighted by Gasteiger charge is 2.48. The molecule has 3 heteroatoms. The van der Waals surface area contributed by atoms with Crippen LogP contribution in [0.15, 0.2) is 261 Å². The van der Waals surface area contributed by atoms with Gasteiger partial charge in [0.1, 0.15) is 0 Å². The van der Waals surface area contributed by atoms with Crippen LogP contribution in [0, 0.1) is 0 Å². The Morgan fingerprint density at radius 3 is 1.60 bits per heavy atom. The lowest BCUT2D eigenvalue weighted by Gasteiger charge is -2.32. The van der Waals surface area contributed by atoms with Gasteiger partial charge in [0.05, 0.1) is 0 Å². The van der Waals surface area contributed by atoms with Crippen LogP contribution in [0.1, 0.15) is 0 Å². The minimum atomic E-state index is -2.75. The Morgan fingerprint density at radius 1 is 0.299 bits per heavy atom. The molecule has 0 radical (unpaired) electrons. The second-order valence-corrected chi connectivity index (χ2v) is 22.4. The van der Waals surface area contributed by atoms with E-state index < -0.39 is 8.07 Å². The predicted octanol–water partition coefficient (Wildman–Crippen LogP) is 15.0. The Bertz CT molecular complexity index is 3740. The molecule has 13 rings (SSSR count). The summed E-state index contributed by atoms with van der Waals surface area (Å²) in [4.78, 5) is 2.49. The van der Waals surface area contributed by atoms with Crippen LogP contribution in [0.2, 0.25) is 0 Å². The Hall–Kier alpha value is -8.08. The van der Waals surface area contributed by atoms with Crippen LogP contribution in [-0.4, -0.2) is 8.07 Å². The molecule has 0 bridgehead atoms. The molecule has 0 fully saturated rings. The number of anilines is 3. The number of benzene rings is 11. The number of hydrogen-bond acceptors (Lipinski definition) is 2. The third-order valence-corrected chi connectivity index (χ3v) is 20.0. The van der Waals surface area contributed by atoms with Gasteiger partial charge in [0, 0.05) is 37.2 Å². The van der Waals surface area contributed by atoms with Crippen molar-refractivity contribution < 1.29 is 0 Å². The molecule has 0 unspecified atom stereocenters. The number of nitrogens with zero attached hydrogens (tertiary/aromatic N) is 1. The van der Waals surface area contributed by atoms with Crippen molar-refractivity contribution in [1.29, 1.82) is 0 Å². The Morgan fingerprint density at radius 2 is 0.821 bits per heavy atom. The summed E-state index contributed by atoms with van der Waals surface area (Å²) in [6.07, 6.45) is 0. The van der Waals surface area contributed by atoms with Crippen molar-refractivity contribution in [2.24, 2.45) is 0 Å². The van der Waals surface area contributed by atoms with Gasteiger partial charge in [-0.1, -0.05) is 212 Å². The van der Waals surface area contributed by atoms with Crippen molar-refractivity contribution >= 4 is 88.2 Å². The van der Waals surface area contributed by atoms with Crippen molar-refractivity contribution in [3.05, 3.63) is 261 Å². The minimum absolute atomic E-state index is 1.11. The van der Waals surface area contributed by atoms with E-state index in [1.54, 1.807) is 0 Å². The standard InChI is InChI=1S/C64H43NSSi/c1-4-16-44(17-5-1)45-30-32-48(33-31-45)56-27-15-28-61-64(56)59-42-50(39-41-60(59)66-61)65(49-36-34-47(35-37-49)55-26-14-19-46-18-10-11-24-54(46)55)51-38-40-58-57-25-12-13-29-62(57)67(63(58)43-51,52-20-6-2-7-21-52)53-22-8-3-9-23-53/h1-43H. The third-order valence-electron chi connectivity index (χ3n) is 14.0. The van der Waals surface area contributed by atoms with Crippen LogP contribution in [0.25, 0.3) is 75.5 Å². The van der Waals surface area contributed by atoms with Gasteiger partial charge in [0.25, 0.3) is 0 Å². The predicted molar refractivity (Wildman–Crippen MR) is 290 cm³/mol. The summed E-state index contributed by atoms with van der Waals surface area (Å²) in [7, 11) is -2.75. The zero-order valence-electron chi connectivity index (χ0n) is 36.7. The zero-order valence-corrected chi connectivity index (χ0v) is 38.5. The van der Waals surface area contributed by atoms with Crippen LogP contribution in [0.3, 0.4) is 0 Å². The molecule has 0 saturated carbocycles. The minimum Gasteiger partial charge on any atom is -0.310 e. The van der Waals surface area contributed by atoms with Gasteiger partial charge < -0.3 is 4.90 Å². The summed E-state index contributed by atoms with van der Waals surface area (Å²) in [6.45, 7) is 0. The first-order valence-electron chi connectivity index (χ1n) is 23.1. The maximum absolute atomic E-state index is 2.75. The first kappa shape index (κ1) is 39.3. The van der Waals surface area contributed by atoms with Crippen molar-refractivity contribution in [3.63, 3.8) is 0 Å². The van der Waals surface area contributed by atoms with Crippen LogP contribution in [0.5, 0.6) is 0 Å². The van der Waals surface area contributed by atoms with Gasteiger partial charge in [-0.05, 0) is 125 Å². The van der Waals surface area contributed by atoms with Crippen molar-refractivity contribution in [2.75, 3.05) is 4.90 Å². The van der Waals surface area contributed by atoms with Crippen LogP contribution in [-0.2, 0) is 0 Å². The molecule has 0 aliphatic carbocycles. The van der Waals surface area contributed by atoms with Crippen molar-refractivity contribution in [3.8, 4) is 44.5 Å². The second kappa shape index (κ2) is 16.1. The topological polar surface area (TPSA) is 3.24 Å². The van der Waals surface area contributed by atoms with E-state index in [-0.39, 0.29) is 0 Å². The van der Waals surface area contributed by atoms with E-state index in [0.717, 1.165) is 17.1 Å². The molecule has 314 valence electrons. The highest BCUT2D eigenvalue weighted by Crippen LogP contribution is 2.45. The van der Waals surface area contributed by atoms with Gasteiger partial charge in [-0.2, -0.15) is 0 Å². The molecule has 1 aliphatic heterocycles. The normalized spacial score (nSPS) is 12.6. The highest BCUT2D eigenvalue weighted by atomic mass is 32.1. The first-order valence-corrected chi connectivity index (χ1v) is 25.9. The molecule has 11 aromatic carbocycles. The fraction of sp³-hybridized carbons (Fsp3) is 0. The van der Waals surface area contributed by atoms with E-state index in [1.165, 1.54) is 96.2 Å². The van der Waals surface area contributed by atoms with Gasteiger partial charge in [-0.3, -0.25) is 0 Å². The van der Waals surface area contributed by atoms with E-state index in [9.17, 15) is 0 Å². The summed E-state index contributed by atoms with van der Waals surface area (Å²) in [5, 5.41) is 10.7. The Labute approximate surface area is 396 Å². The lowest BCUT2D eigenvalue weighted by Crippen LogP contribution is -2.72. The molecule has 12 aromatic rings. The lowest BCUT2D eigenvalue weighted by molar-refractivity contribution is 1.29. The van der Waals surface area contributed by atoms with Crippen LogP contribution in [0.4, 0.5) is 17.1 Å². The van der Waals surface area contributed by atoms with Gasteiger partial charge in [0.2, 0.25) is 0 Å². The number of fused-ring (bicyclic) bond motifs is 7. The maximum atomic E-state index is 2.54. The van der Waals surface area contributed by atoms with Crippen LogP contribution < -0.4 is 25.6 Å². The molecule has 0 spiro atoms. The van der Waals surface area contributed by atoms with Gasteiger partial charge >= 0.3 is 0 Å². The average molecular weight is 886 g/mol. The fourth-order valence-electron chi connectivity index (χ4n) is 11.0. The molecule has 0 N–H and O–H groups in total. The highest BCUT2D eigenvalue weighted by molar-refractivity contribution is 7.26. The molecule has 0 saturated heterocycles. The van der Waals surface area contributed by atoms with Gasteiger partial charge in [-0.15, -0.1) is 11.3 Å². The van der Waals surface area contributed by atoms with E-state index in [1.807, 2.05) is 11.3 Å². The molecular weight excluding hydrogens is 843 g/mol. The molecular formula is C64H43NSSi. The largest absolute Gasteiger partial charge is 0.310 e. The van der Waals surface area contributed by atoms with E-state index >= 15 is 0 Å². The van der Waals surface area contributed by atoms with E-state index in [2.05, 4.69) is 266 Å². The summed E-state index contributed by atoms with van der Waals surface area (Å²) in [5.74, 6) is 0. The SMILES string of the molecule is c1ccc(-c2ccc(-c3cccc4sc5ccc(N(c6ccc(-c7cccc8ccccc78)cc6)c6ccc7c(c6)[Si](c6ccccc6)(c6ccccc6)c6ccccc6-7)cc5c34)cc2)cc1. The summed E-state index contributed by atoms with van der Waals surface area (Å²) >= 11 is 1.87. The molecule has 1 aromatic heterocycles. The summed E-state index contributed by atoms with van der Waals surface area (Å²) in [5.41, 5.74) is 13.4. The molecule has 0 atom stereocenters. The monoisotopic (exact) mass is 885 g/mol. The molecule has 1 aliphatic rings. The Kier molecular flexibility index (Phi) is 9.45. The van der Waals surface area contributed by atoms with Crippen molar-refractivity contribution in [1.82, 2.24) is 0 Å². The van der Waals surface area contributed by atoms with Gasteiger partial charge in [0.15, 0.2) is 8.07 Å². The molecule has 2 heterocycles. The maximum Gasteiger partial charge on any atom is 0.180 e. The Balaban J connectivity index is 1.02. The number of rotatable bonds is 8. The fourth-order valence-corrected chi connectivity index (χ4v) is 17.3. The van der Waals surface area contributed by atoms with E-state index in [0.29, 0.717) is 0 Å². The third kappa shape index (κ3) is 6.42. The summed E-state index contributed by atoms with van der Waals surface area (Å²) in [6, 6.07) is 97.2. The lowest BCUT2D eigenvalue weighted by atomic mass is 9.96. The molecule has 0 amide bonds. The second-order valence-electron chi connectivity index (χ2n) is 17.6. The number of hydrogen-bond donors (Lipinski definition) is 0. The number of thiophene rings is 1. The molecule has 1 nitrogen and oxygen atoms in total. The average Bonchev–Trinajstić information content (AvgIpc) is 3.93. The zero-order chi connectivity index (χ0) is 44.3. The van der Waals surface area contributed by atoms with Gasteiger partial charge in [-0.25, -0.2) is 0 Å².